The average Bonchev–Trinajstić information content (AvgIpc) is 2.90. The molecule has 0 spiro atoms. The Kier molecular flexibility index (Phi) is 8.89. The molecule has 0 saturated carbocycles. The normalized spacial score (nSPS) is 15.7. The van der Waals surface area contributed by atoms with E-state index in [1.165, 1.54) is 11.0 Å². The molecule has 1 unspecified atom stereocenters. The van der Waals surface area contributed by atoms with Gasteiger partial charge in [0.15, 0.2) is 0 Å². The molecule has 0 aliphatic carbocycles. The molecule has 0 aromatic heterocycles. The third-order valence-corrected chi connectivity index (χ3v) is 7.17. The number of aryl methyl sites for hydroxylation is 2. The fourth-order valence-electron chi connectivity index (χ4n) is 5.17. The second kappa shape index (κ2) is 12.3. The van der Waals surface area contributed by atoms with Crippen LogP contribution in [0.4, 0.5) is 24.5 Å². The molecule has 1 heterocycles. The summed E-state index contributed by atoms with van der Waals surface area (Å²) in [6, 6.07) is 19.6. The van der Waals surface area contributed by atoms with Gasteiger partial charge >= 0.3 is 6.55 Å². The largest absolute Gasteiger partial charge is 0.382 e. The van der Waals surface area contributed by atoms with Crippen LogP contribution < -0.4 is 10.2 Å². The van der Waals surface area contributed by atoms with Crippen LogP contribution in [0, 0.1) is 25.1 Å². The zero-order valence-electron chi connectivity index (χ0n) is 22.1. The Morgan fingerprint density at radius 3 is 2.29 bits per heavy atom. The van der Waals surface area contributed by atoms with Gasteiger partial charge in [0.25, 0.3) is 0 Å². The van der Waals surface area contributed by atoms with Crippen LogP contribution in [0.15, 0.2) is 78.9 Å². The highest BCUT2D eigenvalue weighted by Gasteiger charge is 2.32. The summed E-state index contributed by atoms with van der Waals surface area (Å²) < 4.78 is 42.9. The van der Waals surface area contributed by atoms with E-state index >= 15 is 0 Å². The number of nitrogens with zero attached hydrogens (tertiary/aromatic N) is 2. The molecule has 2 N–H and O–H groups in total. The van der Waals surface area contributed by atoms with Crippen molar-refractivity contribution in [2.45, 2.75) is 52.4 Å². The second-order valence-corrected chi connectivity index (χ2v) is 9.75. The van der Waals surface area contributed by atoms with Crippen LogP contribution in [0.25, 0.3) is 0 Å². The molecule has 4 rings (SSSR count). The molecular weight excluding hydrogens is 485 g/mol. The van der Waals surface area contributed by atoms with Crippen LogP contribution >= 0.6 is 0 Å². The first-order valence-electron chi connectivity index (χ1n) is 13.0. The van der Waals surface area contributed by atoms with Gasteiger partial charge in [0.1, 0.15) is 12.0 Å². The lowest BCUT2D eigenvalue weighted by Gasteiger charge is -2.43. The Bertz CT molecular complexity index is 1280. The number of hydrogen-bond acceptors (Lipinski definition) is 4. The van der Waals surface area contributed by atoms with E-state index in [1.807, 2.05) is 63.3 Å². The van der Waals surface area contributed by atoms with Gasteiger partial charge in [0.2, 0.25) is 0 Å². The zero-order chi connectivity index (χ0) is 27.2. The number of para-hydroxylation sites is 1. The van der Waals surface area contributed by atoms with Crippen molar-refractivity contribution in [2.24, 2.45) is 0 Å². The number of halogens is 3. The maximum Gasteiger partial charge on any atom is 0.316 e. The summed E-state index contributed by atoms with van der Waals surface area (Å²) in [5, 5.41) is 12.1. The van der Waals surface area contributed by atoms with E-state index in [-0.39, 0.29) is 17.3 Å². The number of benzene rings is 3. The maximum atomic E-state index is 14.3. The topological polar surface area (TPSA) is 42.4 Å². The molecule has 3 aromatic rings. The monoisotopic (exact) mass is 520 g/mol. The van der Waals surface area contributed by atoms with Crippen molar-refractivity contribution in [3.05, 3.63) is 107 Å². The van der Waals surface area contributed by atoms with Gasteiger partial charge in [-0.05, 0) is 75.1 Å². The molecule has 4 nitrogen and oxygen atoms in total. The zero-order valence-corrected chi connectivity index (χ0v) is 22.1. The molecule has 1 aliphatic heterocycles. The van der Waals surface area contributed by atoms with Crippen molar-refractivity contribution in [1.29, 1.82) is 5.41 Å². The van der Waals surface area contributed by atoms with Crippen LogP contribution in [0.1, 0.15) is 42.0 Å². The molecular formula is C31H35F3N4. The molecule has 1 fully saturated rings. The van der Waals surface area contributed by atoms with Gasteiger partial charge < -0.3 is 5.32 Å². The van der Waals surface area contributed by atoms with Gasteiger partial charge in [-0.25, -0.2) is 4.39 Å². The highest BCUT2D eigenvalue weighted by atomic mass is 19.3. The Labute approximate surface area is 223 Å². The van der Waals surface area contributed by atoms with Gasteiger partial charge in [-0.3, -0.25) is 15.2 Å². The minimum Gasteiger partial charge on any atom is -0.382 e. The van der Waals surface area contributed by atoms with E-state index in [0.717, 1.165) is 29.7 Å². The second-order valence-electron chi connectivity index (χ2n) is 9.75. The van der Waals surface area contributed by atoms with Gasteiger partial charge in [-0.15, -0.1) is 0 Å². The third-order valence-electron chi connectivity index (χ3n) is 7.17. The van der Waals surface area contributed by atoms with Crippen molar-refractivity contribution < 1.29 is 13.2 Å². The fourth-order valence-corrected chi connectivity index (χ4v) is 5.17. The van der Waals surface area contributed by atoms with E-state index < -0.39 is 18.5 Å². The SMILES string of the molecule is C/C=C\C(N1CCC(Nc2ccc(C(=N)c3ccccc3F)c(C)c2)CC1)N(c1ccccc1C)C(F)F. The lowest BCUT2D eigenvalue weighted by atomic mass is 9.97. The van der Waals surface area contributed by atoms with Crippen LogP contribution in [0.3, 0.4) is 0 Å². The molecule has 1 atom stereocenters. The summed E-state index contributed by atoms with van der Waals surface area (Å²) in [4.78, 5) is 3.32. The molecule has 38 heavy (non-hydrogen) atoms. The summed E-state index contributed by atoms with van der Waals surface area (Å²) in [6.07, 6.45) is 4.77. The average molecular weight is 521 g/mol. The molecule has 7 heteroatoms. The first kappa shape index (κ1) is 27.5. The molecule has 0 radical (unpaired) electrons. The third kappa shape index (κ3) is 6.10. The van der Waals surface area contributed by atoms with Crippen molar-refractivity contribution in [1.82, 2.24) is 4.90 Å². The van der Waals surface area contributed by atoms with E-state index in [9.17, 15) is 13.2 Å². The number of anilines is 2. The summed E-state index contributed by atoms with van der Waals surface area (Å²) >= 11 is 0. The van der Waals surface area contributed by atoms with Crippen molar-refractivity contribution >= 4 is 17.1 Å². The van der Waals surface area contributed by atoms with Crippen LogP contribution in [0.5, 0.6) is 0 Å². The number of alkyl halides is 2. The van der Waals surface area contributed by atoms with Crippen LogP contribution in [-0.2, 0) is 0 Å². The van der Waals surface area contributed by atoms with Gasteiger partial charge in [0.05, 0.1) is 5.71 Å². The quantitative estimate of drug-likeness (QED) is 0.176. The summed E-state index contributed by atoms with van der Waals surface area (Å²) in [5.74, 6) is -0.407. The Hall–Kier alpha value is -3.58. The number of hydrogen-bond donors (Lipinski definition) is 2. The number of likely N-dealkylation sites (tertiary alicyclic amines) is 1. The predicted octanol–water partition coefficient (Wildman–Crippen LogP) is 7.37. The van der Waals surface area contributed by atoms with E-state index in [0.29, 0.717) is 24.3 Å². The highest BCUT2D eigenvalue weighted by molar-refractivity contribution is 6.12. The Balaban J connectivity index is 1.43. The lowest BCUT2D eigenvalue weighted by Crippen LogP contribution is -2.53. The van der Waals surface area contributed by atoms with Crippen molar-refractivity contribution in [2.75, 3.05) is 23.3 Å². The predicted molar refractivity (Wildman–Crippen MR) is 150 cm³/mol. The lowest BCUT2D eigenvalue weighted by molar-refractivity contribution is 0.0890. The minimum absolute atomic E-state index is 0.160. The molecule has 200 valence electrons. The minimum atomic E-state index is -2.63. The van der Waals surface area contributed by atoms with E-state index in [2.05, 4.69) is 10.2 Å². The summed E-state index contributed by atoms with van der Waals surface area (Å²) in [7, 11) is 0. The van der Waals surface area contributed by atoms with Crippen molar-refractivity contribution in [3.8, 4) is 0 Å². The van der Waals surface area contributed by atoms with Gasteiger partial charge in [0, 0.05) is 41.6 Å². The number of nitrogens with one attached hydrogen (secondary N) is 2. The summed E-state index contributed by atoms with van der Waals surface area (Å²) in [5.41, 5.74) is 4.32. The fraction of sp³-hybridized carbons (Fsp3) is 0.323. The van der Waals surface area contributed by atoms with Crippen LogP contribution in [-0.4, -0.2) is 42.5 Å². The standard InChI is InChI=1S/C31H35F3N4/c1-4-9-29(38(31(33)34)28-13-8-5-10-21(28)2)37-18-16-23(17-19-37)36-24-14-15-25(22(3)20-24)30(35)26-11-6-7-12-27(26)32/h4-15,20,23,29,31,35-36H,16-19H2,1-3H3/b9-4-,35-30?. The number of allylic oxidation sites excluding steroid dienone is 1. The molecule has 3 aromatic carbocycles. The maximum absolute atomic E-state index is 14.3. The molecule has 0 amide bonds. The first-order valence-corrected chi connectivity index (χ1v) is 13.0. The number of rotatable bonds is 9. The van der Waals surface area contributed by atoms with E-state index in [1.54, 1.807) is 30.3 Å². The molecule has 1 aliphatic rings. The number of piperidine rings is 1. The Morgan fingerprint density at radius 2 is 1.66 bits per heavy atom. The van der Waals surface area contributed by atoms with Crippen LogP contribution in [0.2, 0.25) is 0 Å². The van der Waals surface area contributed by atoms with Gasteiger partial charge in [-0.1, -0.05) is 48.6 Å². The molecule has 0 bridgehead atoms. The van der Waals surface area contributed by atoms with Crippen molar-refractivity contribution in [3.63, 3.8) is 0 Å². The highest BCUT2D eigenvalue weighted by Crippen LogP contribution is 2.30. The smallest absolute Gasteiger partial charge is 0.316 e. The summed E-state index contributed by atoms with van der Waals surface area (Å²) in [6.45, 7) is 4.37. The van der Waals surface area contributed by atoms with Gasteiger partial charge in [-0.2, -0.15) is 8.78 Å². The van der Waals surface area contributed by atoms with E-state index in [4.69, 9.17) is 5.41 Å². The first-order chi connectivity index (χ1) is 18.3. The molecule has 1 saturated heterocycles. The Morgan fingerprint density at radius 1 is 0.974 bits per heavy atom.